The van der Waals surface area contributed by atoms with Crippen LogP contribution in [0.25, 0.3) is 0 Å². The summed E-state index contributed by atoms with van der Waals surface area (Å²) in [5.74, 6) is -0.940. The van der Waals surface area contributed by atoms with E-state index in [1.807, 2.05) is 25.7 Å². The normalized spacial score (nSPS) is 11.5. The first kappa shape index (κ1) is 21.2. The topological polar surface area (TPSA) is 52.6 Å². The van der Waals surface area contributed by atoms with Gasteiger partial charge < -0.3 is 9.16 Å². The zero-order chi connectivity index (χ0) is 18.7. The number of hydrogen-bond donors (Lipinski definition) is 0. The molecular weight excluding hydrogens is 332 g/mol. The summed E-state index contributed by atoms with van der Waals surface area (Å²) in [5.41, 5.74) is 0.530. The first-order valence-corrected chi connectivity index (χ1v) is 12.4. The molecule has 0 amide bonds. The van der Waals surface area contributed by atoms with Crippen molar-refractivity contribution in [3.63, 3.8) is 0 Å². The lowest BCUT2D eigenvalue weighted by molar-refractivity contribution is 0.0502. The zero-order valence-corrected chi connectivity index (χ0v) is 16.8. The molecule has 0 fully saturated rings. The summed E-state index contributed by atoms with van der Waals surface area (Å²) in [7, 11) is -2.02. The van der Waals surface area contributed by atoms with E-state index in [2.05, 4.69) is 13.0 Å². The average Bonchev–Trinajstić information content (AvgIpc) is 2.55. The molecule has 1 rings (SSSR count). The fraction of sp³-hybridized carbons (Fsp3) is 0.500. The Morgan fingerprint density at radius 2 is 1.56 bits per heavy atom. The lowest BCUT2D eigenvalue weighted by Gasteiger charge is -2.18. The molecule has 5 heteroatoms. The van der Waals surface area contributed by atoms with Crippen molar-refractivity contribution in [2.45, 2.75) is 58.7 Å². The summed E-state index contributed by atoms with van der Waals surface area (Å²) in [4.78, 5) is 24.5. The molecule has 0 radical (unpaired) electrons. The Hall–Kier alpha value is -1.88. The summed E-state index contributed by atoms with van der Waals surface area (Å²) in [6.07, 6.45) is 9.55. The average molecular weight is 363 g/mol. The molecule has 0 saturated heterocycles. The van der Waals surface area contributed by atoms with Gasteiger partial charge >= 0.3 is 11.9 Å². The molecule has 4 nitrogen and oxygen atoms in total. The Balaban J connectivity index is 2.54. The van der Waals surface area contributed by atoms with E-state index in [0.717, 1.165) is 6.42 Å². The van der Waals surface area contributed by atoms with Crippen molar-refractivity contribution in [2.75, 3.05) is 6.61 Å². The minimum Gasteiger partial charge on any atom is -0.516 e. The Kier molecular flexibility index (Phi) is 9.20. The van der Waals surface area contributed by atoms with Crippen LogP contribution < -0.4 is 0 Å². The third-order valence-electron chi connectivity index (χ3n) is 3.42. The maximum Gasteiger partial charge on any atom is 0.339 e. The third-order valence-corrected chi connectivity index (χ3v) is 4.22. The molecule has 1 aromatic rings. The highest BCUT2D eigenvalue weighted by molar-refractivity contribution is 6.71. The molecule has 0 aliphatic carbocycles. The van der Waals surface area contributed by atoms with E-state index in [9.17, 15) is 9.59 Å². The number of carbonyl (C=O) groups excluding carboxylic acids is 2. The number of ether oxygens (including phenoxy) is 1. The van der Waals surface area contributed by atoms with E-state index in [4.69, 9.17) is 9.16 Å². The van der Waals surface area contributed by atoms with Gasteiger partial charge in [0, 0.05) is 0 Å². The van der Waals surface area contributed by atoms with Gasteiger partial charge in [-0.05, 0) is 51.0 Å². The fourth-order valence-corrected chi connectivity index (χ4v) is 2.88. The van der Waals surface area contributed by atoms with Crippen LogP contribution in [0.15, 0.2) is 36.4 Å². The molecular formula is C20H30O4Si. The fourth-order valence-electron chi connectivity index (χ4n) is 2.22. The number of carbonyl (C=O) groups is 2. The molecule has 0 heterocycles. The van der Waals surface area contributed by atoms with Crippen LogP contribution in [0.3, 0.4) is 0 Å². The lowest BCUT2D eigenvalue weighted by atomic mass is 10.1. The van der Waals surface area contributed by atoms with Crippen molar-refractivity contribution in [3.8, 4) is 0 Å². The number of allylic oxidation sites excluding steroid dienone is 1. The molecule has 25 heavy (non-hydrogen) atoms. The van der Waals surface area contributed by atoms with Crippen molar-refractivity contribution in [1.29, 1.82) is 0 Å². The van der Waals surface area contributed by atoms with Crippen molar-refractivity contribution >= 4 is 20.3 Å². The van der Waals surface area contributed by atoms with Crippen LogP contribution >= 0.6 is 0 Å². The van der Waals surface area contributed by atoms with Gasteiger partial charge in [-0.2, -0.15) is 0 Å². The van der Waals surface area contributed by atoms with E-state index in [1.54, 1.807) is 24.3 Å². The van der Waals surface area contributed by atoms with Crippen LogP contribution in [0.2, 0.25) is 19.6 Å². The number of esters is 1. The van der Waals surface area contributed by atoms with Crippen molar-refractivity contribution < 1.29 is 18.8 Å². The van der Waals surface area contributed by atoms with Gasteiger partial charge in [-0.15, -0.1) is 0 Å². The number of unbranched alkanes of at least 4 members (excludes halogenated alkanes) is 3. The van der Waals surface area contributed by atoms with E-state index in [-0.39, 0.29) is 11.1 Å². The molecule has 0 aromatic heterocycles. The summed E-state index contributed by atoms with van der Waals surface area (Å²) >= 11 is 0. The van der Waals surface area contributed by atoms with Crippen LogP contribution in [-0.4, -0.2) is 26.9 Å². The van der Waals surface area contributed by atoms with Gasteiger partial charge in [0.2, 0.25) is 8.32 Å². The maximum absolute atomic E-state index is 12.3. The lowest BCUT2D eigenvalue weighted by Crippen LogP contribution is -2.30. The predicted molar refractivity (Wildman–Crippen MR) is 103 cm³/mol. The molecule has 0 N–H and O–H groups in total. The Bertz CT molecular complexity index is 588. The molecule has 1 aromatic carbocycles. The standard InChI is InChI=1S/C20H30O4Si/c1-5-6-7-8-9-10-13-16-23-19(21)17-14-11-12-15-18(17)20(22)24-25(2,3)4/h9-12,14-15H,5-8,13,16H2,1-4H3/b10-9-. The first-order chi connectivity index (χ1) is 11.8. The Labute approximate surface area is 152 Å². The second-order valence-electron chi connectivity index (χ2n) is 6.94. The molecule has 138 valence electrons. The van der Waals surface area contributed by atoms with Crippen LogP contribution in [0, 0.1) is 0 Å². The molecule has 0 aliphatic heterocycles. The van der Waals surface area contributed by atoms with Gasteiger partial charge in [-0.3, -0.25) is 0 Å². The third kappa shape index (κ3) is 8.68. The van der Waals surface area contributed by atoms with Crippen LogP contribution in [0.1, 0.15) is 59.7 Å². The monoisotopic (exact) mass is 362 g/mol. The molecule has 0 saturated carbocycles. The molecule has 0 aliphatic rings. The van der Waals surface area contributed by atoms with Gasteiger partial charge in [-0.25, -0.2) is 9.59 Å². The summed E-state index contributed by atoms with van der Waals surface area (Å²) in [5, 5.41) is 0. The van der Waals surface area contributed by atoms with Gasteiger partial charge in [0.25, 0.3) is 0 Å². The second-order valence-corrected chi connectivity index (χ2v) is 11.4. The second kappa shape index (κ2) is 10.9. The van der Waals surface area contributed by atoms with Gasteiger partial charge in [0.05, 0.1) is 17.7 Å². The smallest absolute Gasteiger partial charge is 0.339 e. The zero-order valence-electron chi connectivity index (χ0n) is 15.8. The van der Waals surface area contributed by atoms with E-state index in [1.165, 1.54) is 19.3 Å². The molecule has 0 bridgehead atoms. The molecule has 0 spiro atoms. The summed E-state index contributed by atoms with van der Waals surface area (Å²) in [6.45, 7) is 8.27. The van der Waals surface area contributed by atoms with Crippen molar-refractivity contribution in [3.05, 3.63) is 47.5 Å². The number of benzene rings is 1. The molecule has 0 atom stereocenters. The first-order valence-electron chi connectivity index (χ1n) is 8.99. The Morgan fingerprint density at radius 1 is 0.960 bits per heavy atom. The van der Waals surface area contributed by atoms with Gasteiger partial charge in [-0.1, -0.05) is 44.1 Å². The number of hydrogen-bond acceptors (Lipinski definition) is 4. The largest absolute Gasteiger partial charge is 0.516 e. The number of rotatable bonds is 10. The van der Waals surface area contributed by atoms with Gasteiger partial charge in [0.15, 0.2) is 0 Å². The van der Waals surface area contributed by atoms with Crippen LogP contribution in [0.5, 0.6) is 0 Å². The van der Waals surface area contributed by atoms with Crippen molar-refractivity contribution in [1.82, 2.24) is 0 Å². The SMILES string of the molecule is CCCCC/C=C\CCOC(=O)c1ccccc1C(=O)O[Si](C)(C)C. The Morgan fingerprint density at radius 3 is 2.16 bits per heavy atom. The van der Waals surface area contributed by atoms with E-state index in [0.29, 0.717) is 13.0 Å². The van der Waals surface area contributed by atoms with E-state index >= 15 is 0 Å². The quantitative estimate of drug-likeness (QED) is 0.243. The van der Waals surface area contributed by atoms with E-state index < -0.39 is 20.3 Å². The highest BCUT2D eigenvalue weighted by Gasteiger charge is 2.24. The summed E-state index contributed by atoms with van der Waals surface area (Å²) < 4.78 is 10.8. The highest BCUT2D eigenvalue weighted by Crippen LogP contribution is 2.15. The van der Waals surface area contributed by atoms with Crippen LogP contribution in [-0.2, 0) is 9.16 Å². The highest BCUT2D eigenvalue weighted by atomic mass is 28.4. The summed E-state index contributed by atoms with van der Waals surface area (Å²) in [6, 6.07) is 6.64. The molecule has 0 unspecified atom stereocenters. The van der Waals surface area contributed by atoms with Crippen LogP contribution in [0.4, 0.5) is 0 Å². The minimum absolute atomic E-state index is 0.262. The van der Waals surface area contributed by atoms with Gasteiger partial charge in [0.1, 0.15) is 0 Å². The predicted octanol–water partition coefficient (Wildman–Crippen LogP) is 5.36. The minimum atomic E-state index is -2.02. The maximum atomic E-state index is 12.3. The van der Waals surface area contributed by atoms with Crippen molar-refractivity contribution in [2.24, 2.45) is 0 Å².